The van der Waals surface area contributed by atoms with Crippen LogP contribution in [0.2, 0.25) is 0 Å². The lowest BCUT2D eigenvalue weighted by atomic mass is 10.2. The number of thioether (sulfide) groups is 1. The highest BCUT2D eigenvalue weighted by Gasteiger charge is 2.30. The van der Waals surface area contributed by atoms with Crippen molar-refractivity contribution in [1.82, 2.24) is 5.32 Å². The molecule has 0 unspecified atom stereocenters. The van der Waals surface area contributed by atoms with Crippen LogP contribution in [0.5, 0.6) is 5.75 Å². The van der Waals surface area contributed by atoms with Gasteiger partial charge in [-0.15, -0.1) is 0 Å². The van der Waals surface area contributed by atoms with E-state index in [0.29, 0.717) is 4.91 Å². The Labute approximate surface area is 183 Å². The molecule has 3 rings (SSSR count). The molecule has 0 aliphatic carbocycles. The van der Waals surface area contributed by atoms with Crippen LogP contribution in [0.15, 0.2) is 56.7 Å². The maximum Gasteiger partial charge on any atom is 0.265 e. The minimum atomic E-state index is -0.181. The van der Waals surface area contributed by atoms with Crippen molar-refractivity contribution in [2.75, 3.05) is 18.6 Å². The fraction of sp³-hybridized carbons (Fsp3) is 0.273. The zero-order valence-electron chi connectivity index (χ0n) is 16.6. The Morgan fingerprint density at radius 3 is 2.76 bits per heavy atom. The van der Waals surface area contributed by atoms with Crippen molar-refractivity contribution in [3.05, 3.63) is 57.4 Å². The number of benzene rings is 2. The second-order valence-corrected chi connectivity index (χ2v) is 8.68. The third-order valence-corrected chi connectivity index (χ3v) is 6.32. The lowest BCUT2D eigenvalue weighted by molar-refractivity contribution is -0.122. The largest absolute Gasteiger partial charge is 0.496 e. The quantitative estimate of drug-likeness (QED) is 0.607. The molecule has 0 fully saturated rings. The van der Waals surface area contributed by atoms with E-state index in [4.69, 9.17) is 4.74 Å². The summed E-state index contributed by atoms with van der Waals surface area (Å²) in [4.78, 5) is 28.7. The molecule has 1 aliphatic heterocycles. The Balaban J connectivity index is 1.92. The van der Waals surface area contributed by atoms with Gasteiger partial charge in [-0.3, -0.25) is 14.5 Å². The van der Waals surface area contributed by atoms with Crippen LogP contribution in [0.25, 0.3) is 6.08 Å². The van der Waals surface area contributed by atoms with Gasteiger partial charge in [-0.25, -0.2) is 0 Å². The van der Waals surface area contributed by atoms with Crippen LogP contribution in [0, 0.1) is 0 Å². The fourth-order valence-corrected chi connectivity index (χ4v) is 4.53. The van der Waals surface area contributed by atoms with E-state index in [1.165, 1.54) is 11.8 Å². The van der Waals surface area contributed by atoms with E-state index in [1.807, 2.05) is 62.4 Å². The summed E-state index contributed by atoms with van der Waals surface area (Å²) in [6.07, 6.45) is 2.68. The first-order chi connectivity index (χ1) is 13.9. The minimum absolute atomic E-state index is 0.00953. The van der Waals surface area contributed by atoms with E-state index in [0.717, 1.165) is 32.8 Å². The van der Waals surface area contributed by atoms with Gasteiger partial charge in [-0.2, -0.15) is 0 Å². The van der Waals surface area contributed by atoms with Crippen LogP contribution in [-0.2, 0) is 9.59 Å². The number of methoxy groups -OCH3 is 1. The van der Waals surface area contributed by atoms with Gasteiger partial charge in [0.05, 0.1) is 22.2 Å². The number of nitrogens with one attached hydrogen (secondary N) is 1. The summed E-state index contributed by atoms with van der Waals surface area (Å²) in [5.41, 5.74) is 1.63. The molecule has 2 aromatic rings. The van der Waals surface area contributed by atoms with E-state index in [2.05, 4.69) is 21.2 Å². The third-order valence-electron chi connectivity index (χ3n) is 4.63. The van der Waals surface area contributed by atoms with Gasteiger partial charge in [0.2, 0.25) is 5.91 Å². The van der Waals surface area contributed by atoms with Crippen LogP contribution >= 0.6 is 27.7 Å². The first-order valence-corrected chi connectivity index (χ1v) is 11.0. The van der Waals surface area contributed by atoms with Gasteiger partial charge in [0.25, 0.3) is 5.91 Å². The van der Waals surface area contributed by atoms with Crippen LogP contribution in [0.1, 0.15) is 25.8 Å². The SMILES string of the molecule is CC[C@@H](C)NC(=O)CN1C(=O)/C(=C\c2ccc(OC)c(Br)c2)Sc2ccccc21. The number of para-hydroxylation sites is 1. The minimum Gasteiger partial charge on any atom is -0.496 e. The van der Waals surface area contributed by atoms with Gasteiger partial charge < -0.3 is 10.1 Å². The van der Waals surface area contributed by atoms with Crippen molar-refractivity contribution >= 4 is 51.3 Å². The number of carbonyl (C=O) groups excluding carboxylic acids is 2. The third kappa shape index (κ3) is 5.03. The highest BCUT2D eigenvalue weighted by Crippen LogP contribution is 2.42. The van der Waals surface area contributed by atoms with Crippen LogP contribution < -0.4 is 15.0 Å². The number of hydrogen-bond acceptors (Lipinski definition) is 4. The smallest absolute Gasteiger partial charge is 0.265 e. The molecule has 0 aromatic heterocycles. The number of fused-ring (bicyclic) bond motifs is 1. The summed E-state index contributed by atoms with van der Waals surface area (Å²) < 4.78 is 6.08. The molecule has 1 heterocycles. The Hall–Kier alpha value is -2.25. The molecule has 2 amide bonds. The van der Waals surface area contributed by atoms with Crippen molar-refractivity contribution in [3.63, 3.8) is 0 Å². The summed E-state index contributed by atoms with van der Waals surface area (Å²) in [5.74, 6) is 0.379. The number of nitrogens with zero attached hydrogens (tertiary/aromatic N) is 1. The van der Waals surface area contributed by atoms with E-state index >= 15 is 0 Å². The highest BCUT2D eigenvalue weighted by molar-refractivity contribution is 9.10. The summed E-state index contributed by atoms with van der Waals surface area (Å²) in [6, 6.07) is 13.4. The second kappa shape index (κ2) is 9.50. The van der Waals surface area contributed by atoms with Gasteiger partial charge in [0.15, 0.2) is 0 Å². The average molecular weight is 475 g/mol. The molecule has 29 heavy (non-hydrogen) atoms. The summed E-state index contributed by atoms with van der Waals surface area (Å²) in [5, 5.41) is 2.93. The maximum atomic E-state index is 13.2. The first-order valence-electron chi connectivity index (χ1n) is 9.36. The van der Waals surface area contributed by atoms with Crippen LogP contribution in [-0.4, -0.2) is 31.5 Å². The van der Waals surface area contributed by atoms with Crippen molar-refractivity contribution < 1.29 is 14.3 Å². The van der Waals surface area contributed by atoms with E-state index in [1.54, 1.807) is 12.0 Å². The van der Waals surface area contributed by atoms with Crippen LogP contribution in [0.4, 0.5) is 5.69 Å². The Morgan fingerprint density at radius 1 is 1.31 bits per heavy atom. The lowest BCUT2D eigenvalue weighted by Gasteiger charge is -2.30. The average Bonchev–Trinajstić information content (AvgIpc) is 2.71. The van der Waals surface area contributed by atoms with Crippen molar-refractivity contribution in [1.29, 1.82) is 0 Å². The molecule has 5 nitrogen and oxygen atoms in total. The van der Waals surface area contributed by atoms with E-state index < -0.39 is 0 Å². The fourth-order valence-electron chi connectivity index (χ4n) is 2.91. The predicted octanol–water partition coefficient (Wildman–Crippen LogP) is 4.85. The van der Waals surface area contributed by atoms with Crippen molar-refractivity contribution in [2.24, 2.45) is 0 Å². The number of amides is 2. The maximum absolute atomic E-state index is 13.2. The molecule has 1 N–H and O–H groups in total. The highest BCUT2D eigenvalue weighted by atomic mass is 79.9. The van der Waals surface area contributed by atoms with Gasteiger partial charge >= 0.3 is 0 Å². The summed E-state index contributed by atoms with van der Waals surface area (Å²) in [6.45, 7) is 3.95. The van der Waals surface area contributed by atoms with E-state index in [-0.39, 0.29) is 24.4 Å². The zero-order chi connectivity index (χ0) is 21.0. The molecular weight excluding hydrogens is 452 g/mol. The number of carbonyl (C=O) groups is 2. The standard InChI is InChI=1S/C22H23BrN2O3S/c1-4-14(2)24-21(26)13-25-17-7-5-6-8-19(17)29-20(22(25)27)12-15-9-10-18(28-3)16(23)11-15/h5-12,14H,4,13H2,1-3H3,(H,24,26)/b20-12+/t14-/m1/s1. The molecule has 1 aliphatic rings. The Morgan fingerprint density at radius 2 is 2.07 bits per heavy atom. The number of rotatable bonds is 6. The van der Waals surface area contributed by atoms with Crippen LogP contribution in [0.3, 0.4) is 0 Å². The lowest BCUT2D eigenvalue weighted by Crippen LogP contribution is -2.44. The Bertz CT molecular complexity index is 961. The molecule has 0 saturated carbocycles. The van der Waals surface area contributed by atoms with Gasteiger partial charge in [-0.05, 0) is 65.2 Å². The van der Waals surface area contributed by atoms with Gasteiger partial charge in [0.1, 0.15) is 12.3 Å². The molecule has 0 radical (unpaired) electrons. The predicted molar refractivity (Wildman–Crippen MR) is 121 cm³/mol. The number of hydrogen-bond donors (Lipinski definition) is 1. The molecule has 0 bridgehead atoms. The van der Waals surface area contributed by atoms with Crippen molar-refractivity contribution in [3.8, 4) is 5.75 Å². The normalized spacial score (nSPS) is 15.8. The molecule has 2 aromatic carbocycles. The molecule has 1 atom stereocenters. The Kier molecular flexibility index (Phi) is 7.03. The molecule has 7 heteroatoms. The summed E-state index contributed by atoms with van der Waals surface area (Å²) in [7, 11) is 1.61. The second-order valence-electron chi connectivity index (χ2n) is 6.74. The zero-order valence-corrected chi connectivity index (χ0v) is 19.0. The monoisotopic (exact) mass is 474 g/mol. The number of anilines is 1. The number of ether oxygens (including phenoxy) is 1. The van der Waals surface area contributed by atoms with Gasteiger partial charge in [-0.1, -0.05) is 36.9 Å². The molecular formula is C22H23BrN2O3S. The molecule has 152 valence electrons. The van der Waals surface area contributed by atoms with E-state index in [9.17, 15) is 9.59 Å². The topological polar surface area (TPSA) is 58.6 Å². The molecule has 0 saturated heterocycles. The van der Waals surface area contributed by atoms with Gasteiger partial charge in [0, 0.05) is 10.9 Å². The van der Waals surface area contributed by atoms with Crippen molar-refractivity contribution in [2.45, 2.75) is 31.2 Å². The molecule has 0 spiro atoms. The summed E-state index contributed by atoms with van der Waals surface area (Å²) >= 11 is 4.89. The first kappa shape index (κ1) is 21.5. The number of halogens is 1.